The van der Waals surface area contributed by atoms with Crippen molar-refractivity contribution in [1.29, 1.82) is 5.26 Å². The highest BCUT2D eigenvalue weighted by Crippen LogP contribution is 2.30. The molecule has 2 aromatic rings. The summed E-state index contributed by atoms with van der Waals surface area (Å²) in [6.07, 6.45) is -2.31. The van der Waals surface area contributed by atoms with E-state index >= 15 is 0 Å². The predicted molar refractivity (Wildman–Crippen MR) is 82.5 cm³/mol. The van der Waals surface area contributed by atoms with Crippen LogP contribution in [0.5, 0.6) is 0 Å². The number of aryl methyl sites for hydroxylation is 1. The molecule has 5 nitrogen and oxygen atoms in total. The van der Waals surface area contributed by atoms with Crippen molar-refractivity contribution >= 4 is 5.91 Å². The van der Waals surface area contributed by atoms with Crippen LogP contribution in [0.15, 0.2) is 30.5 Å². The Morgan fingerprint density at radius 3 is 2.96 bits per heavy atom. The monoisotopic (exact) mass is 348 g/mol. The normalized spacial score (nSPS) is 16.8. The highest BCUT2D eigenvalue weighted by atomic mass is 19.4. The van der Waals surface area contributed by atoms with E-state index in [1.165, 1.54) is 10.6 Å². The van der Waals surface area contributed by atoms with Crippen molar-refractivity contribution in [2.24, 2.45) is 5.92 Å². The highest BCUT2D eigenvalue weighted by Gasteiger charge is 2.35. The summed E-state index contributed by atoms with van der Waals surface area (Å²) in [5, 5.41) is 11.6. The third kappa shape index (κ3) is 3.82. The van der Waals surface area contributed by atoms with Gasteiger partial charge in [-0.3, -0.25) is 4.79 Å². The zero-order valence-corrected chi connectivity index (χ0v) is 13.2. The van der Waals surface area contributed by atoms with Gasteiger partial charge >= 0.3 is 6.18 Å². The first-order valence-corrected chi connectivity index (χ1v) is 7.78. The number of halogens is 3. The van der Waals surface area contributed by atoms with Crippen molar-refractivity contribution < 1.29 is 18.0 Å². The number of amides is 1. The van der Waals surface area contributed by atoms with Crippen LogP contribution >= 0.6 is 0 Å². The van der Waals surface area contributed by atoms with Gasteiger partial charge in [0.1, 0.15) is 5.82 Å². The highest BCUT2D eigenvalue weighted by molar-refractivity contribution is 5.94. The first-order valence-electron chi connectivity index (χ1n) is 7.78. The van der Waals surface area contributed by atoms with Crippen molar-refractivity contribution in [3.8, 4) is 6.07 Å². The van der Waals surface area contributed by atoms with Crippen molar-refractivity contribution in [2.75, 3.05) is 6.54 Å². The molecule has 0 saturated carbocycles. The largest absolute Gasteiger partial charge is 0.434 e. The number of nitrogens with zero attached hydrogens (tertiary/aromatic N) is 3. The Morgan fingerprint density at radius 2 is 2.24 bits per heavy atom. The van der Waals surface area contributed by atoms with Crippen molar-refractivity contribution in [3.63, 3.8) is 0 Å². The Bertz CT molecular complexity index is 835. The number of carbonyl (C=O) groups is 1. The number of imidazole rings is 1. The first kappa shape index (κ1) is 17.0. The summed E-state index contributed by atoms with van der Waals surface area (Å²) in [7, 11) is 0. The van der Waals surface area contributed by atoms with Gasteiger partial charge in [0.25, 0.3) is 5.91 Å². The number of hydrogen-bond donors (Lipinski definition) is 1. The van der Waals surface area contributed by atoms with Crippen LogP contribution in [-0.2, 0) is 19.1 Å². The molecule has 130 valence electrons. The molecule has 0 bridgehead atoms. The van der Waals surface area contributed by atoms with E-state index in [1.807, 2.05) is 6.07 Å². The zero-order valence-electron chi connectivity index (χ0n) is 13.2. The van der Waals surface area contributed by atoms with Crippen LogP contribution in [-0.4, -0.2) is 22.0 Å². The van der Waals surface area contributed by atoms with Crippen molar-refractivity contribution in [1.82, 2.24) is 14.9 Å². The lowest BCUT2D eigenvalue weighted by Crippen LogP contribution is -2.33. The average molecular weight is 348 g/mol. The minimum atomic E-state index is -4.44. The number of nitrogens with one attached hydrogen (secondary N) is 1. The van der Waals surface area contributed by atoms with Gasteiger partial charge in [-0.2, -0.15) is 18.4 Å². The summed E-state index contributed by atoms with van der Waals surface area (Å²) in [4.78, 5) is 15.8. The molecule has 0 saturated heterocycles. The molecule has 1 atom stereocenters. The van der Waals surface area contributed by atoms with Gasteiger partial charge in [0.2, 0.25) is 0 Å². The maximum Gasteiger partial charge on any atom is 0.434 e. The van der Waals surface area contributed by atoms with E-state index in [4.69, 9.17) is 5.26 Å². The molecule has 1 aliphatic heterocycles. The maximum absolute atomic E-state index is 12.7. The lowest BCUT2D eigenvalue weighted by atomic mass is 9.99. The van der Waals surface area contributed by atoms with Gasteiger partial charge in [0.05, 0.1) is 11.6 Å². The Balaban J connectivity index is 1.61. The lowest BCUT2D eigenvalue weighted by Gasteiger charge is -2.23. The molecule has 0 radical (unpaired) electrons. The fraction of sp³-hybridized carbons (Fsp3) is 0.353. The van der Waals surface area contributed by atoms with Crippen molar-refractivity contribution in [3.05, 3.63) is 53.1 Å². The van der Waals surface area contributed by atoms with E-state index in [1.54, 1.807) is 18.2 Å². The molecule has 1 amide bonds. The SMILES string of the molecule is N#Cc1cccc(C(=O)NC[C@H]2CCc3nc(C(F)(F)F)cn3C2)c1. The van der Waals surface area contributed by atoms with Gasteiger partial charge < -0.3 is 9.88 Å². The fourth-order valence-electron chi connectivity index (χ4n) is 2.89. The Morgan fingerprint density at radius 1 is 1.44 bits per heavy atom. The van der Waals surface area contributed by atoms with Crippen LogP contribution in [0.4, 0.5) is 13.2 Å². The summed E-state index contributed by atoms with van der Waals surface area (Å²) >= 11 is 0. The molecular weight excluding hydrogens is 333 g/mol. The van der Waals surface area contributed by atoms with E-state index in [0.717, 1.165) is 6.20 Å². The number of rotatable bonds is 3. The van der Waals surface area contributed by atoms with Crippen LogP contribution in [0, 0.1) is 17.2 Å². The molecule has 25 heavy (non-hydrogen) atoms. The molecule has 1 aromatic heterocycles. The Labute approximate surface area is 142 Å². The van der Waals surface area contributed by atoms with Gasteiger partial charge in [-0.25, -0.2) is 4.98 Å². The second-order valence-electron chi connectivity index (χ2n) is 6.00. The lowest BCUT2D eigenvalue weighted by molar-refractivity contribution is -0.141. The van der Waals surface area contributed by atoms with Gasteiger partial charge in [-0.15, -0.1) is 0 Å². The number of hydrogen-bond acceptors (Lipinski definition) is 3. The number of nitriles is 1. The summed E-state index contributed by atoms with van der Waals surface area (Å²) in [5.74, 6) is 0.159. The molecule has 0 spiro atoms. The van der Waals surface area contributed by atoms with E-state index < -0.39 is 11.9 Å². The average Bonchev–Trinajstić information content (AvgIpc) is 3.03. The third-order valence-corrected chi connectivity index (χ3v) is 4.19. The molecular formula is C17H15F3N4O. The topological polar surface area (TPSA) is 70.7 Å². The molecule has 8 heteroatoms. The molecule has 1 aliphatic rings. The second-order valence-corrected chi connectivity index (χ2v) is 6.00. The van der Waals surface area contributed by atoms with Crippen LogP contribution in [0.25, 0.3) is 0 Å². The number of alkyl halides is 3. The van der Waals surface area contributed by atoms with Gasteiger partial charge in [0, 0.05) is 31.3 Å². The van der Waals surface area contributed by atoms with E-state index in [0.29, 0.717) is 42.9 Å². The molecule has 1 N–H and O–H groups in total. The van der Waals surface area contributed by atoms with Gasteiger partial charge in [-0.1, -0.05) is 6.07 Å². The molecule has 0 aliphatic carbocycles. The quantitative estimate of drug-likeness (QED) is 0.927. The van der Waals surface area contributed by atoms with Crippen LogP contribution in [0.3, 0.4) is 0 Å². The van der Waals surface area contributed by atoms with Crippen molar-refractivity contribution in [2.45, 2.75) is 25.6 Å². The first-order chi connectivity index (χ1) is 11.9. The summed E-state index contributed by atoms with van der Waals surface area (Å²) in [6.45, 7) is 0.742. The second kappa shape index (κ2) is 6.59. The maximum atomic E-state index is 12.7. The number of aromatic nitrogens is 2. The molecule has 1 aromatic carbocycles. The summed E-state index contributed by atoms with van der Waals surface area (Å²) in [6, 6.07) is 8.32. The number of benzene rings is 1. The summed E-state index contributed by atoms with van der Waals surface area (Å²) < 4.78 is 39.7. The van der Waals surface area contributed by atoms with Crippen LogP contribution < -0.4 is 5.32 Å². The number of fused-ring (bicyclic) bond motifs is 1. The minimum Gasteiger partial charge on any atom is -0.352 e. The van der Waals surface area contributed by atoms with E-state index in [9.17, 15) is 18.0 Å². The van der Waals surface area contributed by atoms with Gasteiger partial charge in [0.15, 0.2) is 5.69 Å². The van der Waals surface area contributed by atoms with Gasteiger partial charge in [-0.05, 0) is 30.5 Å². The van der Waals surface area contributed by atoms with Crippen LogP contribution in [0.2, 0.25) is 0 Å². The summed E-state index contributed by atoms with van der Waals surface area (Å²) in [5.41, 5.74) is -0.0916. The standard InChI is InChI=1S/C17H15F3N4O/c18-17(19,20)14-10-24-9-12(4-5-15(24)23-14)8-22-16(25)13-3-1-2-11(6-13)7-21/h1-3,6,10,12H,4-5,8-9H2,(H,22,25)/t12-/m1/s1. The fourth-order valence-corrected chi connectivity index (χ4v) is 2.89. The smallest absolute Gasteiger partial charge is 0.352 e. The molecule has 0 unspecified atom stereocenters. The van der Waals surface area contributed by atoms with E-state index in [2.05, 4.69) is 10.3 Å². The predicted octanol–water partition coefficient (Wildman–Crippen LogP) is 2.77. The number of carbonyl (C=O) groups excluding carboxylic acids is 1. The molecule has 3 rings (SSSR count). The molecule has 2 heterocycles. The minimum absolute atomic E-state index is 0.0332. The third-order valence-electron chi connectivity index (χ3n) is 4.19. The zero-order chi connectivity index (χ0) is 18.0. The Hall–Kier alpha value is -2.82. The van der Waals surface area contributed by atoms with E-state index in [-0.39, 0.29) is 11.8 Å². The molecule has 0 fully saturated rings. The van der Waals surface area contributed by atoms with Crippen LogP contribution in [0.1, 0.15) is 33.9 Å². The Kier molecular flexibility index (Phi) is 4.49.